The van der Waals surface area contributed by atoms with E-state index >= 15 is 0 Å². The Kier molecular flexibility index (Phi) is 7.52. The summed E-state index contributed by atoms with van der Waals surface area (Å²) in [4.78, 5) is 4.66. The van der Waals surface area contributed by atoms with Gasteiger partial charge in [-0.1, -0.05) is 64.0 Å². The summed E-state index contributed by atoms with van der Waals surface area (Å²) in [6, 6.07) is 8.33. The molecule has 0 aliphatic heterocycles. The van der Waals surface area contributed by atoms with Crippen LogP contribution in [0, 0.1) is 0 Å². The van der Waals surface area contributed by atoms with Crippen LogP contribution < -0.4 is 0 Å². The lowest BCUT2D eigenvalue weighted by Gasteiger charge is -2.07. The van der Waals surface area contributed by atoms with Gasteiger partial charge in [-0.25, -0.2) is 4.98 Å². The lowest BCUT2D eigenvalue weighted by Crippen LogP contribution is -2.02. The van der Waals surface area contributed by atoms with Gasteiger partial charge in [-0.3, -0.25) is 0 Å². The molecule has 0 spiro atoms. The molecule has 21 heavy (non-hydrogen) atoms. The number of hydrogen-bond donors (Lipinski definition) is 0. The minimum atomic E-state index is 0.237. The molecule has 2 aromatic rings. The quantitative estimate of drug-likeness (QED) is 0.355. The van der Waals surface area contributed by atoms with Gasteiger partial charge >= 0.3 is 0 Å². The van der Waals surface area contributed by atoms with E-state index in [-0.39, 0.29) is 5.38 Å². The van der Waals surface area contributed by atoms with E-state index in [1.807, 2.05) is 6.07 Å². The molecule has 2 rings (SSSR count). The molecule has 3 heteroatoms. The van der Waals surface area contributed by atoms with Crippen LogP contribution >= 0.6 is 22.9 Å². The van der Waals surface area contributed by atoms with Gasteiger partial charge in [0.2, 0.25) is 0 Å². The summed E-state index contributed by atoms with van der Waals surface area (Å²) in [5.74, 6) is 0. The highest BCUT2D eigenvalue weighted by molar-refractivity contribution is 7.18. The molecule has 0 amide bonds. The SMILES string of the molecule is CCCCCCCCCC(Cl)Cc1nc2ccccc2s1. The first-order valence-electron chi connectivity index (χ1n) is 8.28. The number of thiazole rings is 1. The van der Waals surface area contributed by atoms with Gasteiger partial charge in [0.25, 0.3) is 0 Å². The number of aromatic nitrogens is 1. The Bertz CT molecular complexity index is 490. The van der Waals surface area contributed by atoms with E-state index in [1.165, 1.54) is 54.7 Å². The number of unbranched alkanes of at least 4 members (excludes halogenated alkanes) is 6. The number of halogens is 1. The first-order valence-corrected chi connectivity index (χ1v) is 9.53. The number of fused-ring (bicyclic) bond motifs is 1. The molecule has 0 saturated heterocycles. The Hall–Kier alpha value is -0.600. The molecule has 1 unspecified atom stereocenters. The van der Waals surface area contributed by atoms with Crippen molar-refractivity contribution in [1.29, 1.82) is 0 Å². The number of alkyl halides is 1. The first-order chi connectivity index (χ1) is 10.3. The van der Waals surface area contributed by atoms with Gasteiger partial charge in [-0.2, -0.15) is 0 Å². The monoisotopic (exact) mass is 323 g/mol. The largest absolute Gasteiger partial charge is 0.241 e. The maximum absolute atomic E-state index is 6.47. The van der Waals surface area contributed by atoms with E-state index in [2.05, 4.69) is 30.1 Å². The lowest BCUT2D eigenvalue weighted by atomic mass is 10.1. The fourth-order valence-corrected chi connectivity index (χ4v) is 4.06. The average molecular weight is 324 g/mol. The van der Waals surface area contributed by atoms with Crippen LogP contribution in [0.4, 0.5) is 0 Å². The second kappa shape index (κ2) is 9.42. The van der Waals surface area contributed by atoms with Gasteiger partial charge in [-0.15, -0.1) is 22.9 Å². The zero-order valence-corrected chi connectivity index (χ0v) is 14.6. The van der Waals surface area contributed by atoms with Gasteiger partial charge in [-0.05, 0) is 18.6 Å². The van der Waals surface area contributed by atoms with Crippen LogP contribution in [0.3, 0.4) is 0 Å². The molecule has 1 heterocycles. The third-order valence-electron chi connectivity index (χ3n) is 3.86. The summed E-state index contributed by atoms with van der Waals surface area (Å²) >= 11 is 8.25. The van der Waals surface area contributed by atoms with Crippen molar-refractivity contribution in [1.82, 2.24) is 4.98 Å². The highest BCUT2D eigenvalue weighted by atomic mass is 35.5. The predicted molar refractivity (Wildman–Crippen MR) is 95.6 cm³/mol. The van der Waals surface area contributed by atoms with E-state index < -0.39 is 0 Å². The van der Waals surface area contributed by atoms with Crippen molar-refractivity contribution in [2.75, 3.05) is 0 Å². The lowest BCUT2D eigenvalue weighted by molar-refractivity contribution is 0.567. The van der Waals surface area contributed by atoms with Crippen molar-refractivity contribution < 1.29 is 0 Å². The van der Waals surface area contributed by atoms with Crippen molar-refractivity contribution in [3.05, 3.63) is 29.3 Å². The summed E-state index contributed by atoms with van der Waals surface area (Å²) in [6.45, 7) is 2.26. The molecule has 1 aromatic heterocycles. The third-order valence-corrected chi connectivity index (χ3v) is 5.29. The minimum Gasteiger partial charge on any atom is -0.241 e. The Labute approximate surface area is 137 Å². The molecule has 1 nitrogen and oxygen atoms in total. The third kappa shape index (κ3) is 5.96. The summed E-state index contributed by atoms with van der Waals surface area (Å²) in [5, 5.41) is 1.42. The van der Waals surface area contributed by atoms with Crippen LogP contribution in [0.2, 0.25) is 0 Å². The molecular formula is C18H26ClNS. The van der Waals surface area contributed by atoms with Crippen molar-refractivity contribution in [3.8, 4) is 0 Å². The van der Waals surface area contributed by atoms with Gasteiger partial charge < -0.3 is 0 Å². The average Bonchev–Trinajstić information content (AvgIpc) is 2.88. The molecule has 0 aliphatic carbocycles. The second-order valence-corrected chi connectivity index (χ2v) is 7.52. The second-order valence-electron chi connectivity index (χ2n) is 5.79. The predicted octanol–water partition coefficient (Wildman–Crippen LogP) is 6.59. The molecule has 0 radical (unpaired) electrons. The van der Waals surface area contributed by atoms with Crippen LogP contribution in [-0.2, 0) is 6.42 Å². The van der Waals surface area contributed by atoms with E-state index in [0.29, 0.717) is 0 Å². The molecule has 0 fully saturated rings. The molecule has 116 valence electrons. The minimum absolute atomic E-state index is 0.237. The first kappa shape index (κ1) is 16.8. The van der Waals surface area contributed by atoms with Gasteiger partial charge in [0.05, 0.1) is 15.2 Å². The maximum Gasteiger partial charge on any atom is 0.0953 e. The van der Waals surface area contributed by atoms with Crippen molar-refractivity contribution in [2.24, 2.45) is 0 Å². The Balaban J connectivity index is 1.64. The zero-order chi connectivity index (χ0) is 14.9. The number of para-hydroxylation sites is 1. The normalized spacial score (nSPS) is 12.9. The number of nitrogens with zero attached hydrogens (tertiary/aromatic N) is 1. The van der Waals surface area contributed by atoms with Crippen LogP contribution in [0.5, 0.6) is 0 Å². The Morgan fingerprint density at radius 2 is 1.76 bits per heavy atom. The van der Waals surface area contributed by atoms with Crippen LogP contribution in [0.25, 0.3) is 10.2 Å². The summed E-state index contributed by atoms with van der Waals surface area (Å²) in [6.07, 6.45) is 11.5. The molecule has 1 aromatic carbocycles. The number of hydrogen-bond acceptors (Lipinski definition) is 2. The maximum atomic E-state index is 6.47. The molecule has 0 aliphatic rings. The van der Waals surface area contributed by atoms with Crippen molar-refractivity contribution in [3.63, 3.8) is 0 Å². The van der Waals surface area contributed by atoms with E-state index in [4.69, 9.17) is 11.6 Å². The van der Waals surface area contributed by atoms with Crippen LogP contribution in [0.1, 0.15) is 63.3 Å². The Morgan fingerprint density at radius 3 is 2.52 bits per heavy atom. The summed E-state index contributed by atoms with van der Waals surface area (Å²) < 4.78 is 1.27. The molecule has 0 bridgehead atoms. The van der Waals surface area contributed by atoms with Crippen LogP contribution in [0.15, 0.2) is 24.3 Å². The van der Waals surface area contributed by atoms with Gasteiger partial charge in [0, 0.05) is 11.8 Å². The number of benzene rings is 1. The molecule has 0 N–H and O–H groups in total. The van der Waals surface area contributed by atoms with Gasteiger partial charge in [0.15, 0.2) is 0 Å². The zero-order valence-electron chi connectivity index (χ0n) is 13.0. The number of rotatable bonds is 10. The smallest absolute Gasteiger partial charge is 0.0953 e. The molecular weight excluding hydrogens is 298 g/mol. The Morgan fingerprint density at radius 1 is 1.05 bits per heavy atom. The highest BCUT2D eigenvalue weighted by Gasteiger charge is 2.10. The molecule has 1 atom stereocenters. The van der Waals surface area contributed by atoms with Crippen LogP contribution in [-0.4, -0.2) is 10.4 Å². The van der Waals surface area contributed by atoms with Crippen molar-refractivity contribution >= 4 is 33.2 Å². The van der Waals surface area contributed by atoms with E-state index in [1.54, 1.807) is 11.3 Å². The fraction of sp³-hybridized carbons (Fsp3) is 0.611. The van der Waals surface area contributed by atoms with Crippen molar-refractivity contribution in [2.45, 2.75) is 70.1 Å². The summed E-state index contributed by atoms with van der Waals surface area (Å²) in [7, 11) is 0. The standard InChI is InChI=1S/C18H26ClNS/c1-2-3-4-5-6-7-8-11-15(19)14-18-20-16-12-9-10-13-17(16)21-18/h9-10,12-13,15H,2-8,11,14H2,1H3. The molecule has 0 saturated carbocycles. The topological polar surface area (TPSA) is 12.9 Å². The highest BCUT2D eigenvalue weighted by Crippen LogP contribution is 2.24. The van der Waals surface area contributed by atoms with E-state index in [0.717, 1.165) is 18.4 Å². The summed E-state index contributed by atoms with van der Waals surface area (Å²) in [5.41, 5.74) is 1.11. The van der Waals surface area contributed by atoms with E-state index in [9.17, 15) is 0 Å². The fourth-order valence-electron chi connectivity index (χ4n) is 2.62. The van der Waals surface area contributed by atoms with Gasteiger partial charge in [0.1, 0.15) is 0 Å².